The molecule has 0 bridgehead atoms. The highest BCUT2D eigenvalue weighted by molar-refractivity contribution is 6.00. The van der Waals surface area contributed by atoms with Crippen molar-refractivity contribution < 1.29 is 19.5 Å². The summed E-state index contributed by atoms with van der Waals surface area (Å²) in [5.41, 5.74) is 7.07. The van der Waals surface area contributed by atoms with Crippen molar-refractivity contribution in [2.24, 2.45) is 11.0 Å². The van der Waals surface area contributed by atoms with Crippen molar-refractivity contribution >= 4 is 29.2 Å². The predicted octanol–water partition coefficient (Wildman–Crippen LogP) is 3.44. The van der Waals surface area contributed by atoms with Gasteiger partial charge in [-0.1, -0.05) is 42.0 Å². The van der Waals surface area contributed by atoms with E-state index < -0.39 is 5.97 Å². The fourth-order valence-corrected chi connectivity index (χ4v) is 3.19. The van der Waals surface area contributed by atoms with E-state index in [1.165, 1.54) is 11.1 Å². The number of rotatable bonds is 8. The number of anilines is 1. The number of carbonyl (C=O) groups is 3. The molecule has 2 aromatic rings. The monoisotopic (exact) mass is 407 g/mol. The molecule has 0 aliphatic heterocycles. The summed E-state index contributed by atoms with van der Waals surface area (Å²) in [6.45, 7) is 3.84. The number of hydrazone groups is 1. The highest BCUT2D eigenvalue weighted by Crippen LogP contribution is 2.47. The fourth-order valence-electron chi connectivity index (χ4n) is 3.19. The maximum atomic E-state index is 12.4. The zero-order chi connectivity index (χ0) is 21.7. The Hall–Kier alpha value is -3.48. The first-order chi connectivity index (χ1) is 14.3. The van der Waals surface area contributed by atoms with Gasteiger partial charge < -0.3 is 10.4 Å². The molecule has 3 rings (SSSR count). The molecular formula is C23H25N3O4. The lowest BCUT2D eigenvalue weighted by atomic mass is 10.1. The Bertz CT molecular complexity index is 965. The van der Waals surface area contributed by atoms with Gasteiger partial charge in [-0.3, -0.25) is 14.4 Å². The number of hydrogen-bond acceptors (Lipinski definition) is 4. The Morgan fingerprint density at radius 3 is 2.33 bits per heavy atom. The van der Waals surface area contributed by atoms with Crippen molar-refractivity contribution in [3.63, 3.8) is 0 Å². The van der Waals surface area contributed by atoms with Crippen molar-refractivity contribution in [1.29, 1.82) is 0 Å². The predicted molar refractivity (Wildman–Crippen MR) is 114 cm³/mol. The van der Waals surface area contributed by atoms with Gasteiger partial charge in [0.2, 0.25) is 11.8 Å². The Labute approximate surface area is 175 Å². The number of aryl methyl sites for hydroxylation is 1. The summed E-state index contributed by atoms with van der Waals surface area (Å²) in [6, 6.07) is 15.3. The van der Waals surface area contributed by atoms with Gasteiger partial charge >= 0.3 is 5.97 Å². The maximum Gasteiger partial charge on any atom is 0.303 e. The van der Waals surface area contributed by atoms with E-state index in [1.807, 2.05) is 6.92 Å². The van der Waals surface area contributed by atoms with Gasteiger partial charge in [-0.15, -0.1) is 0 Å². The minimum absolute atomic E-state index is 0.0485. The third kappa shape index (κ3) is 5.76. The number of nitrogens with one attached hydrogen (secondary N) is 2. The van der Waals surface area contributed by atoms with Crippen LogP contribution in [0.3, 0.4) is 0 Å². The molecule has 1 aliphatic carbocycles. The molecule has 30 heavy (non-hydrogen) atoms. The number of aliphatic carboxylic acids is 1. The summed E-state index contributed by atoms with van der Waals surface area (Å²) in [5, 5.41) is 15.5. The average Bonchev–Trinajstić information content (AvgIpc) is 3.52. The molecule has 2 atom stereocenters. The third-order valence-electron chi connectivity index (χ3n) is 5.12. The number of carboxylic acids is 1. The summed E-state index contributed by atoms with van der Waals surface area (Å²) < 4.78 is 0. The van der Waals surface area contributed by atoms with E-state index in [9.17, 15) is 14.4 Å². The van der Waals surface area contributed by atoms with Crippen LogP contribution in [0.25, 0.3) is 0 Å². The lowest BCUT2D eigenvalue weighted by Gasteiger charge is -2.07. The first-order valence-electron chi connectivity index (χ1n) is 9.86. The second-order valence-corrected chi connectivity index (χ2v) is 7.55. The first kappa shape index (κ1) is 21.2. The van der Waals surface area contributed by atoms with Crippen LogP contribution in [0.4, 0.5) is 5.69 Å². The zero-order valence-electron chi connectivity index (χ0n) is 17.0. The average molecular weight is 407 g/mol. The molecule has 0 radical (unpaired) electrons. The van der Waals surface area contributed by atoms with E-state index in [0.717, 1.165) is 12.0 Å². The molecule has 3 N–H and O–H groups in total. The number of amides is 2. The molecule has 2 amide bonds. The van der Waals surface area contributed by atoms with Crippen molar-refractivity contribution in [2.45, 2.75) is 39.0 Å². The maximum absolute atomic E-state index is 12.4. The summed E-state index contributed by atoms with van der Waals surface area (Å²) in [6.07, 6.45) is 0.551. The van der Waals surface area contributed by atoms with Crippen molar-refractivity contribution in [3.8, 4) is 0 Å². The Morgan fingerprint density at radius 1 is 1.03 bits per heavy atom. The second kappa shape index (κ2) is 9.35. The van der Waals surface area contributed by atoms with Crippen LogP contribution >= 0.6 is 0 Å². The fraction of sp³-hybridized carbons (Fsp3) is 0.304. The zero-order valence-corrected chi connectivity index (χ0v) is 17.0. The third-order valence-corrected chi connectivity index (χ3v) is 5.12. The largest absolute Gasteiger partial charge is 0.481 e. The van der Waals surface area contributed by atoms with E-state index in [0.29, 0.717) is 11.4 Å². The van der Waals surface area contributed by atoms with Crippen LogP contribution in [0.5, 0.6) is 0 Å². The molecule has 1 fully saturated rings. The van der Waals surface area contributed by atoms with Gasteiger partial charge in [0.1, 0.15) is 0 Å². The van der Waals surface area contributed by atoms with E-state index in [2.05, 4.69) is 40.1 Å². The topological polar surface area (TPSA) is 108 Å². The molecule has 7 heteroatoms. The van der Waals surface area contributed by atoms with Crippen LogP contribution in [0.15, 0.2) is 53.6 Å². The Balaban J connectivity index is 1.50. The van der Waals surface area contributed by atoms with Gasteiger partial charge in [-0.2, -0.15) is 5.10 Å². The van der Waals surface area contributed by atoms with Gasteiger partial charge in [0, 0.05) is 18.0 Å². The highest BCUT2D eigenvalue weighted by atomic mass is 16.4. The molecule has 0 spiro atoms. The van der Waals surface area contributed by atoms with E-state index in [1.54, 1.807) is 31.2 Å². The quantitative estimate of drug-likeness (QED) is 0.460. The summed E-state index contributed by atoms with van der Waals surface area (Å²) >= 11 is 0. The van der Waals surface area contributed by atoms with Crippen LogP contribution in [-0.2, 0) is 14.4 Å². The van der Waals surface area contributed by atoms with Gasteiger partial charge in [0.05, 0.1) is 12.1 Å². The number of carboxylic acid groups (broad SMARTS) is 1. The molecule has 0 heterocycles. The minimum Gasteiger partial charge on any atom is -0.481 e. The number of hydrogen-bond donors (Lipinski definition) is 3. The van der Waals surface area contributed by atoms with Gasteiger partial charge in [0.15, 0.2) is 0 Å². The van der Waals surface area contributed by atoms with Crippen molar-refractivity contribution in [3.05, 3.63) is 65.2 Å². The Kier molecular flexibility index (Phi) is 6.61. The summed E-state index contributed by atoms with van der Waals surface area (Å²) in [5.74, 6) is -1.24. The van der Waals surface area contributed by atoms with Crippen molar-refractivity contribution in [2.75, 3.05) is 5.32 Å². The molecule has 156 valence electrons. The molecule has 0 saturated heterocycles. The molecule has 0 aromatic heterocycles. The van der Waals surface area contributed by atoms with Crippen LogP contribution in [0.1, 0.15) is 48.8 Å². The van der Waals surface area contributed by atoms with Gasteiger partial charge in [-0.05, 0) is 49.4 Å². The normalized spacial score (nSPS) is 17.9. The first-order valence-corrected chi connectivity index (χ1v) is 9.86. The highest BCUT2D eigenvalue weighted by Gasteiger charge is 2.43. The standard InChI is InChI=1S/C23H25N3O4/c1-14-3-5-17(6-4-14)19-13-20(19)23(30)26-25-15(2)16-7-9-18(10-8-16)24-21(27)11-12-22(28)29/h3-10,19-20H,11-13H2,1-2H3,(H,24,27)(H,26,30)(H,28,29)/b25-15+/t19-,20-/m0/s1. The lowest BCUT2D eigenvalue weighted by molar-refractivity contribution is -0.138. The molecular weight excluding hydrogens is 382 g/mol. The minimum atomic E-state index is -1.01. The molecule has 1 saturated carbocycles. The van der Waals surface area contributed by atoms with E-state index in [-0.39, 0.29) is 36.5 Å². The number of benzene rings is 2. The number of nitrogens with zero attached hydrogens (tertiary/aromatic N) is 1. The van der Waals surface area contributed by atoms with Gasteiger partial charge in [-0.25, -0.2) is 5.43 Å². The van der Waals surface area contributed by atoms with E-state index >= 15 is 0 Å². The number of carbonyl (C=O) groups excluding carboxylic acids is 2. The molecule has 1 aliphatic rings. The van der Waals surface area contributed by atoms with Crippen LogP contribution in [0.2, 0.25) is 0 Å². The van der Waals surface area contributed by atoms with Crippen LogP contribution in [0, 0.1) is 12.8 Å². The van der Waals surface area contributed by atoms with Gasteiger partial charge in [0.25, 0.3) is 0 Å². The molecule has 7 nitrogen and oxygen atoms in total. The lowest BCUT2D eigenvalue weighted by Crippen LogP contribution is -2.21. The molecule has 2 aromatic carbocycles. The summed E-state index contributed by atoms with van der Waals surface area (Å²) in [7, 11) is 0. The molecule has 0 unspecified atom stereocenters. The van der Waals surface area contributed by atoms with Crippen LogP contribution in [-0.4, -0.2) is 28.6 Å². The van der Waals surface area contributed by atoms with Crippen molar-refractivity contribution in [1.82, 2.24) is 5.43 Å². The van der Waals surface area contributed by atoms with Crippen LogP contribution < -0.4 is 10.7 Å². The summed E-state index contributed by atoms with van der Waals surface area (Å²) in [4.78, 5) is 34.6. The Morgan fingerprint density at radius 2 is 1.70 bits per heavy atom. The van der Waals surface area contributed by atoms with E-state index in [4.69, 9.17) is 5.11 Å². The SMILES string of the molecule is C/C(=N\NC(=O)[C@H]1C[C@H]1c1ccc(C)cc1)c1ccc(NC(=O)CCC(=O)O)cc1. The smallest absolute Gasteiger partial charge is 0.303 e. The second-order valence-electron chi connectivity index (χ2n) is 7.55.